The first-order valence-corrected chi connectivity index (χ1v) is 7.77. The highest BCUT2D eigenvalue weighted by Crippen LogP contribution is 2.36. The molecule has 21 heavy (non-hydrogen) atoms. The quantitative estimate of drug-likeness (QED) is 0.811. The molecular weight excluding hydrogens is 254 g/mol. The average molecular weight is 277 g/mol. The van der Waals surface area contributed by atoms with Gasteiger partial charge in [-0.05, 0) is 48.4 Å². The van der Waals surface area contributed by atoms with Crippen LogP contribution in [0.4, 0.5) is 0 Å². The van der Waals surface area contributed by atoms with Gasteiger partial charge in [0.25, 0.3) is 0 Å². The topological polar surface area (TPSA) is 12.0 Å². The van der Waals surface area contributed by atoms with Gasteiger partial charge in [-0.3, -0.25) is 0 Å². The number of fused-ring (bicyclic) bond motifs is 1. The monoisotopic (exact) mass is 277 g/mol. The third-order valence-corrected chi connectivity index (χ3v) is 4.72. The Hall–Kier alpha value is -1.86. The molecule has 1 nitrogen and oxygen atoms in total. The fourth-order valence-corrected chi connectivity index (χ4v) is 3.40. The summed E-state index contributed by atoms with van der Waals surface area (Å²) in [4.78, 5) is 0. The molecule has 1 heteroatoms. The molecule has 2 aromatic carbocycles. The zero-order valence-corrected chi connectivity index (χ0v) is 12.7. The Balaban J connectivity index is 1.89. The van der Waals surface area contributed by atoms with Crippen LogP contribution in [0.25, 0.3) is 0 Å². The summed E-state index contributed by atoms with van der Waals surface area (Å²) in [7, 11) is 0. The SMILES string of the molecule is C=CC1(NCc2ccccc2C)CCCc2ccccc21. The van der Waals surface area contributed by atoms with Crippen LogP contribution in [-0.4, -0.2) is 0 Å². The van der Waals surface area contributed by atoms with Crippen LogP contribution in [0.3, 0.4) is 0 Å². The molecule has 0 aliphatic heterocycles. The van der Waals surface area contributed by atoms with Crippen molar-refractivity contribution in [3.63, 3.8) is 0 Å². The lowest BCUT2D eigenvalue weighted by Gasteiger charge is -2.38. The lowest BCUT2D eigenvalue weighted by atomic mass is 9.76. The van der Waals surface area contributed by atoms with Crippen molar-refractivity contribution in [2.24, 2.45) is 0 Å². The van der Waals surface area contributed by atoms with Gasteiger partial charge < -0.3 is 5.32 Å². The Kier molecular flexibility index (Phi) is 3.94. The molecule has 0 radical (unpaired) electrons. The molecule has 0 heterocycles. The highest BCUT2D eigenvalue weighted by atomic mass is 15.0. The molecule has 1 N–H and O–H groups in total. The second-order valence-electron chi connectivity index (χ2n) is 5.97. The van der Waals surface area contributed by atoms with Crippen LogP contribution < -0.4 is 5.32 Å². The van der Waals surface area contributed by atoms with Gasteiger partial charge >= 0.3 is 0 Å². The van der Waals surface area contributed by atoms with E-state index in [0.717, 1.165) is 13.0 Å². The molecule has 1 aliphatic rings. The molecular formula is C20H23N. The maximum Gasteiger partial charge on any atom is 0.0623 e. The van der Waals surface area contributed by atoms with Crippen molar-refractivity contribution < 1.29 is 0 Å². The molecule has 3 rings (SSSR count). The van der Waals surface area contributed by atoms with Crippen LogP contribution in [0.5, 0.6) is 0 Å². The Morgan fingerprint density at radius 1 is 1.14 bits per heavy atom. The van der Waals surface area contributed by atoms with Crippen molar-refractivity contribution in [1.82, 2.24) is 5.32 Å². The highest BCUT2D eigenvalue weighted by molar-refractivity contribution is 5.39. The molecule has 0 bridgehead atoms. The normalized spacial score (nSPS) is 20.8. The number of hydrogen-bond acceptors (Lipinski definition) is 1. The summed E-state index contributed by atoms with van der Waals surface area (Å²) in [5.41, 5.74) is 5.48. The van der Waals surface area contributed by atoms with E-state index in [2.05, 4.69) is 73.4 Å². The van der Waals surface area contributed by atoms with E-state index in [1.54, 1.807) is 0 Å². The van der Waals surface area contributed by atoms with Crippen LogP contribution in [0, 0.1) is 6.92 Å². The van der Waals surface area contributed by atoms with E-state index in [9.17, 15) is 0 Å². The molecule has 1 aliphatic carbocycles. The molecule has 0 saturated carbocycles. The van der Waals surface area contributed by atoms with Crippen LogP contribution >= 0.6 is 0 Å². The minimum absolute atomic E-state index is 0.0862. The van der Waals surface area contributed by atoms with E-state index < -0.39 is 0 Å². The standard InChI is InChI=1S/C20H23N/c1-3-20(21-15-18-11-5-4-9-16(18)2)14-8-12-17-10-6-7-13-19(17)20/h3-7,9-11,13,21H,1,8,12,14-15H2,2H3. The maximum atomic E-state index is 4.13. The third kappa shape index (κ3) is 2.66. The molecule has 1 unspecified atom stereocenters. The summed E-state index contributed by atoms with van der Waals surface area (Å²) in [5.74, 6) is 0. The summed E-state index contributed by atoms with van der Waals surface area (Å²) in [6, 6.07) is 17.4. The van der Waals surface area contributed by atoms with Crippen LogP contribution in [-0.2, 0) is 18.5 Å². The van der Waals surface area contributed by atoms with Crippen LogP contribution in [0.15, 0.2) is 61.2 Å². The van der Waals surface area contributed by atoms with Gasteiger partial charge in [0.05, 0.1) is 5.54 Å². The highest BCUT2D eigenvalue weighted by Gasteiger charge is 2.32. The smallest absolute Gasteiger partial charge is 0.0623 e. The number of nitrogens with one attached hydrogen (secondary N) is 1. The fourth-order valence-electron chi connectivity index (χ4n) is 3.40. The first kappa shape index (κ1) is 14.1. The molecule has 0 saturated heterocycles. The molecule has 1 atom stereocenters. The van der Waals surface area contributed by atoms with Gasteiger partial charge in [-0.2, -0.15) is 0 Å². The Bertz CT molecular complexity index is 644. The summed E-state index contributed by atoms with van der Waals surface area (Å²) in [6.07, 6.45) is 5.62. The van der Waals surface area contributed by atoms with Gasteiger partial charge in [0.2, 0.25) is 0 Å². The molecule has 0 spiro atoms. The second-order valence-corrected chi connectivity index (χ2v) is 5.97. The molecule has 2 aromatic rings. The van der Waals surface area contributed by atoms with Gasteiger partial charge in [0.1, 0.15) is 0 Å². The third-order valence-electron chi connectivity index (χ3n) is 4.72. The van der Waals surface area contributed by atoms with Crippen molar-refractivity contribution in [3.05, 3.63) is 83.4 Å². The van der Waals surface area contributed by atoms with E-state index in [1.165, 1.54) is 35.1 Å². The van der Waals surface area contributed by atoms with Crippen molar-refractivity contribution >= 4 is 0 Å². The first-order valence-electron chi connectivity index (χ1n) is 7.77. The fraction of sp³-hybridized carbons (Fsp3) is 0.300. The minimum Gasteiger partial charge on any atom is -0.300 e. The Morgan fingerprint density at radius 3 is 2.71 bits per heavy atom. The zero-order chi connectivity index (χ0) is 14.7. The summed E-state index contributed by atoms with van der Waals surface area (Å²) >= 11 is 0. The molecule has 0 fully saturated rings. The number of hydrogen-bond donors (Lipinski definition) is 1. The number of benzene rings is 2. The van der Waals surface area contributed by atoms with Crippen LogP contribution in [0.2, 0.25) is 0 Å². The van der Waals surface area contributed by atoms with Crippen molar-refractivity contribution in [3.8, 4) is 0 Å². The summed E-state index contributed by atoms with van der Waals surface area (Å²) in [6.45, 7) is 7.18. The predicted octanol–water partition coefficient (Wildman–Crippen LogP) is 4.50. The van der Waals surface area contributed by atoms with E-state index in [1.807, 2.05) is 0 Å². The van der Waals surface area contributed by atoms with Crippen molar-refractivity contribution in [1.29, 1.82) is 0 Å². The second kappa shape index (κ2) is 5.87. The van der Waals surface area contributed by atoms with Crippen molar-refractivity contribution in [2.45, 2.75) is 38.3 Å². The average Bonchev–Trinajstić information content (AvgIpc) is 2.54. The van der Waals surface area contributed by atoms with Crippen molar-refractivity contribution in [2.75, 3.05) is 0 Å². The predicted molar refractivity (Wildman–Crippen MR) is 89.3 cm³/mol. The lowest BCUT2D eigenvalue weighted by molar-refractivity contribution is 0.354. The Labute approximate surface area is 127 Å². The van der Waals surface area contributed by atoms with E-state index in [0.29, 0.717) is 0 Å². The summed E-state index contributed by atoms with van der Waals surface area (Å²) < 4.78 is 0. The van der Waals surface area contributed by atoms with Gasteiger partial charge in [-0.1, -0.05) is 54.6 Å². The van der Waals surface area contributed by atoms with Gasteiger partial charge in [0.15, 0.2) is 0 Å². The van der Waals surface area contributed by atoms with E-state index in [4.69, 9.17) is 0 Å². The maximum absolute atomic E-state index is 4.13. The lowest BCUT2D eigenvalue weighted by Crippen LogP contribution is -2.42. The Morgan fingerprint density at radius 2 is 1.90 bits per heavy atom. The van der Waals surface area contributed by atoms with E-state index in [-0.39, 0.29) is 5.54 Å². The summed E-state index contributed by atoms with van der Waals surface area (Å²) in [5, 5.41) is 3.78. The molecule has 0 aromatic heterocycles. The van der Waals surface area contributed by atoms with Crippen LogP contribution in [0.1, 0.15) is 35.1 Å². The minimum atomic E-state index is -0.0862. The van der Waals surface area contributed by atoms with Gasteiger partial charge in [-0.25, -0.2) is 0 Å². The molecule has 0 amide bonds. The van der Waals surface area contributed by atoms with Gasteiger partial charge in [0, 0.05) is 6.54 Å². The zero-order valence-electron chi connectivity index (χ0n) is 12.7. The largest absolute Gasteiger partial charge is 0.300 e. The molecule has 108 valence electrons. The van der Waals surface area contributed by atoms with Gasteiger partial charge in [-0.15, -0.1) is 6.58 Å². The number of aryl methyl sites for hydroxylation is 2. The number of rotatable bonds is 4. The first-order chi connectivity index (χ1) is 10.2. The van der Waals surface area contributed by atoms with E-state index >= 15 is 0 Å².